The summed E-state index contributed by atoms with van der Waals surface area (Å²) in [6.45, 7) is 3.61. The Morgan fingerprint density at radius 2 is 1.63 bits per heavy atom. The van der Waals surface area contributed by atoms with Gasteiger partial charge in [0.15, 0.2) is 0 Å². The number of piperidine rings is 1. The topological polar surface area (TPSA) is 105 Å². The van der Waals surface area contributed by atoms with Crippen LogP contribution in [0.25, 0.3) is 11.1 Å². The lowest BCUT2D eigenvalue weighted by Crippen LogP contribution is -2.40. The maximum absolute atomic E-state index is 12.7. The van der Waals surface area contributed by atoms with Gasteiger partial charge in [-0.3, -0.25) is 9.59 Å². The summed E-state index contributed by atoms with van der Waals surface area (Å²) in [7, 11) is 0. The van der Waals surface area contributed by atoms with Crippen LogP contribution in [0.4, 0.5) is 4.79 Å². The first-order chi connectivity index (χ1) is 17.0. The third-order valence-electron chi connectivity index (χ3n) is 7.45. The number of carboxylic acids is 1. The number of carbonyl (C=O) groups is 3. The van der Waals surface area contributed by atoms with Gasteiger partial charge in [0.25, 0.3) is 0 Å². The molecule has 2 fully saturated rings. The van der Waals surface area contributed by atoms with Crippen LogP contribution in [-0.4, -0.2) is 66.9 Å². The number of benzene rings is 2. The van der Waals surface area contributed by atoms with Crippen molar-refractivity contribution in [1.29, 1.82) is 0 Å². The van der Waals surface area contributed by atoms with E-state index in [1.54, 1.807) is 4.90 Å². The van der Waals surface area contributed by atoms with Gasteiger partial charge in [0, 0.05) is 32.2 Å². The molecule has 3 unspecified atom stereocenters. The summed E-state index contributed by atoms with van der Waals surface area (Å²) in [6.07, 6.45) is -0.884. The van der Waals surface area contributed by atoms with Crippen LogP contribution in [0, 0.1) is 17.8 Å². The number of alkyl carbamates (subject to hydrolysis) is 1. The van der Waals surface area contributed by atoms with Gasteiger partial charge in [-0.25, -0.2) is 4.79 Å². The van der Waals surface area contributed by atoms with Gasteiger partial charge in [0.1, 0.15) is 6.61 Å². The largest absolute Gasteiger partial charge is 0.481 e. The predicted molar refractivity (Wildman–Crippen MR) is 128 cm³/mol. The average molecular weight is 479 g/mol. The van der Waals surface area contributed by atoms with Crippen LogP contribution in [0.2, 0.25) is 0 Å². The van der Waals surface area contributed by atoms with Gasteiger partial charge in [0.2, 0.25) is 5.91 Å². The Kier molecular flexibility index (Phi) is 6.47. The van der Waals surface area contributed by atoms with Crippen molar-refractivity contribution in [3.63, 3.8) is 0 Å². The molecule has 1 saturated carbocycles. The molecule has 8 nitrogen and oxygen atoms in total. The van der Waals surface area contributed by atoms with E-state index in [1.807, 2.05) is 31.2 Å². The lowest BCUT2D eigenvalue weighted by molar-refractivity contribution is -0.141. The van der Waals surface area contributed by atoms with Gasteiger partial charge >= 0.3 is 12.1 Å². The molecule has 3 aliphatic rings. The maximum Gasteiger partial charge on any atom is 0.407 e. The third kappa shape index (κ3) is 4.62. The van der Waals surface area contributed by atoms with Crippen molar-refractivity contribution in [3.05, 3.63) is 59.7 Å². The summed E-state index contributed by atoms with van der Waals surface area (Å²) in [6, 6.07) is 16.3. The van der Waals surface area contributed by atoms with Crippen molar-refractivity contribution in [2.75, 3.05) is 32.8 Å². The van der Waals surface area contributed by atoms with Crippen LogP contribution in [0.15, 0.2) is 48.5 Å². The van der Waals surface area contributed by atoms with Crippen LogP contribution in [-0.2, 0) is 19.1 Å². The number of hydrogen-bond acceptors (Lipinski definition) is 5. The summed E-state index contributed by atoms with van der Waals surface area (Å²) in [5, 5.41) is 11.9. The molecule has 35 heavy (non-hydrogen) atoms. The fourth-order valence-corrected chi connectivity index (χ4v) is 5.69. The van der Waals surface area contributed by atoms with Crippen molar-refractivity contribution in [3.8, 4) is 11.1 Å². The van der Waals surface area contributed by atoms with Gasteiger partial charge in [0.05, 0.1) is 18.4 Å². The quantitative estimate of drug-likeness (QED) is 0.574. The first-order valence-electron chi connectivity index (χ1n) is 12.2. The van der Waals surface area contributed by atoms with Crippen LogP contribution in [0.5, 0.6) is 0 Å². The molecule has 0 radical (unpaired) electrons. The van der Waals surface area contributed by atoms with Crippen molar-refractivity contribution < 1.29 is 29.0 Å². The van der Waals surface area contributed by atoms with Gasteiger partial charge in [-0.15, -0.1) is 0 Å². The Morgan fingerprint density at radius 1 is 1.03 bits per heavy atom. The maximum atomic E-state index is 12.7. The molecule has 0 bridgehead atoms. The van der Waals surface area contributed by atoms with E-state index >= 15 is 0 Å². The molecule has 3 atom stereocenters. The molecule has 1 saturated heterocycles. The summed E-state index contributed by atoms with van der Waals surface area (Å²) in [5.41, 5.74) is 4.63. The van der Waals surface area contributed by atoms with Crippen LogP contribution >= 0.6 is 0 Å². The predicted octanol–water partition coefficient (Wildman–Crippen LogP) is 3.11. The van der Waals surface area contributed by atoms with Crippen molar-refractivity contribution in [2.24, 2.45) is 17.8 Å². The van der Waals surface area contributed by atoms with Crippen molar-refractivity contribution >= 4 is 18.0 Å². The number of carbonyl (C=O) groups excluding carboxylic acids is 2. The smallest absolute Gasteiger partial charge is 0.407 e. The van der Waals surface area contributed by atoms with Gasteiger partial charge in [-0.1, -0.05) is 48.5 Å². The van der Waals surface area contributed by atoms with Gasteiger partial charge in [-0.2, -0.15) is 0 Å². The zero-order valence-corrected chi connectivity index (χ0v) is 19.7. The molecular formula is C27H30N2O6. The molecule has 1 aliphatic heterocycles. The first kappa shape index (κ1) is 23.4. The molecule has 2 aromatic carbocycles. The molecule has 0 aromatic heterocycles. The number of nitrogens with one attached hydrogen (secondary N) is 1. The van der Waals surface area contributed by atoms with E-state index in [2.05, 4.69) is 29.6 Å². The normalized spacial score (nSPS) is 22.7. The number of aliphatic carboxylic acids is 1. The lowest BCUT2D eigenvalue weighted by atomic mass is 9.98. The number of ether oxygens (including phenoxy) is 2. The Morgan fingerprint density at radius 3 is 2.20 bits per heavy atom. The van der Waals surface area contributed by atoms with E-state index in [0.29, 0.717) is 19.7 Å². The molecule has 0 spiro atoms. The monoisotopic (exact) mass is 478 g/mol. The fourth-order valence-electron chi connectivity index (χ4n) is 5.69. The van der Waals surface area contributed by atoms with E-state index in [0.717, 1.165) is 11.1 Å². The molecule has 2 N–H and O–H groups in total. The number of fused-ring (bicyclic) bond motifs is 4. The second kappa shape index (κ2) is 9.70. The van der Waals surface area contributed by atoms with E-state index in [9.17, 15) is 14.4 Å². The highest BCUT2D eigenvalue weighted by atomic mass is 16.5. The minimum Gasteiger partial charge on any atom is -0.481 e. The molecule has 2 aromatic rings. The zero-order chi connectivity index (χ0) is 24.5. The number of likely N-dealkylation sites (tertiary alicyclic amines) is 1. The number of rotatable bonds is 9. The Labute approximate surface area is 204 Å². The highest BCUT2D eigenvalue weighted by molar-refractivity contribution is 5.80. The van der Waals surface area contributed by atoms with Gasteiger partial charge in [-0.05, 0) is 41.0 Å². The molecule has 184 valence electrons. The van der Waals surface area contributed by atoms with Crippen LogP contribution in [0.3, 0.4) is 0 Å². The summed E-state index contributed by atoms with van der Waals surface area (Å²) in [4.78, 5) is 38.1. The summed E-state index contributed by atoms with van der Waals surface area (Å²) in [5.74, 6) is -1.03. The zero-order valence-electron chi connectivity index (χ0n) is 19.7. The van der Waals surface area contributed by atoms with Crippen molar-refractivity contribution in [1.82, 2.24) is 10.2 Å². The summed E-state index contributed by atoms with van der Waals surface area (Å²) < 4.78 is 11.2. The average Bonchev–Trinajstić information content (AvgIpc) is 3.20. The SMILES string of the molecule is CCOC(CNC(=O)OCC1c2ccccc2-c2ccccc21)CC(=O)N1CC2C(C1)C2C(=O)O. The summed E-state index contributed by atoms with van der Waals surface area (Å²) >= 11 is 0. The third-order valence-corrected chi connectivity index (χ3v) is 7.45. The minimum absolute atomic E-state index is 0.0198. The van der Waals surface area contributed by atoms with Crippen molar-refractivity contribution in [2.45, 2.75) is 25.4 Å². The molecule has 5 rings (SSSR count). The van der Waals surface area contributed by atoms with Crippen LogP contribution < -0.4 is 5.32 Å². The van der Waals surface area contributed by atoms with E-state index in [4.69, 9.17) is 14.6 Å². The second-order valence-electron chi connectivity index (χ2n) is 9.48. The molecular weight excluding hydrogens is 448 g/mol. The molecule has 2 amide bonds. The standard InChI is InChI=1S/C27H30N2O6/c1-2-34-16(11-24(30)29-13-21-22(14-29)25(21)26(31)32)12-28-27(33)35-15-23-19-9-5-3-7-17(19)18-8-4-6-10-20(18)23/h3-10,16,21-23,25H,2,11-15H2,1H3,(H,28,33)(H,31,32). The van der Waals surface area contributed by atoms with Gasteiger partial charge < -0.3 is 24.8 Å². The second-order valence-corrected chi connectivity index (χ2v) is 9.48. The number of hydrogen-bond donors (Lipinski definition) is 2. The van der Waals surface area contributed by atoms with E-state index in [-0.39, 0.29) is 49.2 Å². The Bertz CT molecular complexity index is 1080. The number of carboxylic acid groups (broad SMARTS) is 1. The van der Waals surface area contributed by atoms with E-state index < -0.39 is 18.2 Å². The van der Waals surface area contributed by atoms with E-state index in [1.165, 1.54) is 11.1 Å². The molecule has 2 aliphatic carbocycles. The first-order valence-corrected chi connectivity index (χ1v) is 12.2. The number of nitrogens with zero attached hydrogens (tertiary/aromatic N) is 1. The molecule has 1 heterocycles. The molecule has 8 heteroatoms. The highest BCUT2D eigenvalue weighted by Crippen LogP contribution is 2.51. The highest BCUT2D eigenvalue weighted by Gasteiger charge is 2.60. The van der Waals surface area contributed by atoms with Crippen LogP contribution in [0.1, 0.15) is 30.4 Å². The Hall–Kier alpha value is -3.39. The Balaban J connectivity index is 1.11. The minimum atomic E-state index is -0.772. The fraction of sp³-hybridized carbons (Fsp3) is 0.444. The number of amides is 2. The lowest BCUT2D eigenvalue weighted by Gasteiger charge is -2.23.